The first-order valence-electron chi connectivity index (χ1n) is 12.5. The molecule has 2 unspecified atom stereocenters. The van der Waals surface area contributed by atoms with Gasteiger partial charge in [0, 0.05) is 0 Å². The summed E-state index contributed by atoms with van der Waals surface area (Å²) in [6.07, 6.45) is 11.7. The third-order valence-corrected chi connectivity index (χ3v) is 6.18. The van der Waals surface area contributed by atoms with E-state index in [2.05, 4.69) is 13.8 Å². The molecule has 6 atom stereocenters. The zero-order chi connectivity index (χ0) is 22.2. The molecule has 0 aromatic rings. The first-order valence-corrected chi connectivity index (χ1v) is 12.5. The van der Waals surface area contributed by atoms with Gasteiger partial charge in [0.05, 0.1) is 12.7 Å². The lowest BCUT2D eigenvalue weighted by Crippen LogP contribution is -2.59. The Bertz CT molecular complexity index is 392. The maximum atomic E-state index is 10.3. The molecule has 30 heavy (non-hydrogen) atoms. The molecular formula is C24H48O6. The summed E-state index contributed by atoms with van der Waals surface area (Å²) >= 11 is 0. The molecule has 0 aromatic carbocycles. The maximum absolute atomic E-state index is 10.3. The van der Waals surface area contributed by atoms with E-state index in [0.29, 0.717) is 0 Å². The summed E-state index contributed by atoms with van der Waals surface area (Å²) in [5, 5.41) is 39.6. The van der Waals surface area contributed by atoms with Gasteiger partial charge in [-0.3, -0.25) is 0 Å². The number of rotatable bonds is 18. The Balaban J connectivity index is 2.45. The molecule has 6 nitrogen and oxygen atoms in total. The Labute approximate surface area is 184 Å². The van der Waals surface area contributed by atoms with Crippen LogP contribution in [0.4, 0.5) is 0 Å². The van der Waals surface area contributed by atoms with E-state index in [1.54, 1.807) is 0 Å². The van der Waals surface area contributed by atoms with Crippen LogP contribution in [0.1, 0.15) is 110 Å². The third-order valence-electron chi connectivity index (χ3n) is 6.18. The van der Waals surface area contributed by atoms with Crippen LogP contribution in [0.3, 0.4) is 0 Å². The quantitative estimate of drug-likeness (QED) is 0.244. The Morgan fingerprint density at radius 3 is 1.60 bits per heavy atom. The van der Waals surface area contributed by atoms with Gasteiger partial charge in [-0.1, -0.05) is 97.3 Å². The van der Waals surface area contributed by atoms with Gasteiger partial charge in [0.25, 0.3) is 0 Å². The lowest BCUT2D eigenvalue weighted by atomic mass is 9.98. The van der Waals surface area contributed by atoms with Crippen LogP contribution in [0, 0.1) is 0 Å². The summed E-state index contributed by atoms with van der Waals surface area (Å²) < 4.78 is 11.6. The van der Waals surface area contributed by atoms with E-state index in [1.165, 1.54) is 70.6 Å². The van der Waals surface area contributed by atoms with Crippen molar-refractivity contribution in [2.75, 3.05) is 6.61 Å². The van der Waals surface area contributed by atoms with Crippen molar-refractivity contribution in [3.05, 3.63) is 0 Å². The van der Waals surface area contributed by atoms with Crippen molar-refractivity contribution in [2.24, 2.45) is 0 Å². The topological polar surface area (TPSA) is 99.4 Å². The first-order chi connectivity index (χ1) is 14.5. The van der Waals surface area contributed by atoms with Gasteiger partial charge in [-0.2, -0.15) is 0 Å². The van der Waals surface area contributed by atoms with Crippen LogP contribution in [-0.4, -0.2) is 63.8 Å². The fraction of sp³-hybridized carbons (Fsp3) is 1.00. The minimum atomic E-state index is -1.38. The third kappa shape index (κ3) is 10.9. The van der Waals surface area contributed by atoms with Crippen molar-refractivity contribution < 1.29 is 29.9 Å². The number of aliphatic hydroxyl groups excluding tert-OH is 4. The molecule has 1 fully saturated rings. The van der Waals surface area contributed by atoms with Crippen molar-refractivity contribution in [3.63, 3.8) is 0 Å². The highest BCUT2D eigenvalue weighted by molar-refractivity contribution is 4.89. The fourth-order valence-electron chi connectivity index (χ4n) is 4.13. The van der Waals surface area contributed by atoms with E-state index in [1.807, 2.05) is 0 Å². The molecule has 0 spiro atoms. The SMILES string of the molecule is CCCCCCCCCCC(CCCCCCC)OC1O[C@H](CO)[C@@H](O)[C@H](O)[C@H]1O. The first kappa shape index (κ1) is 27.8. The van der Waals surface area contributed by atoms with Crippen LogP contribution in [0.15, 0.2) is 0 Å². The van der Waals surface area contributed by atoms with Crippen molar-refractivity contribution in [1.82, 2.24) is 0 Å². The van der Waals surface area contributed by atoms with E-state index in [4.69, 9.17) is 9.47 Å². The summed E-state index contributed by atoms with van der Waals surface area (Å²) in [5.41, 5.74) is 0. The van der Waals surface area contributed by atoms with E-state index in [-0.39, 0.29) is 6.10 Å². The van der Waals surface area contributed by atoms with Crippen molar-refractivity contribution >= 4 is 0 Å². The van der Waals surface area contributed by atoms with E-state index in [9.17, 15) is 20.4 Å². The van der Waals surface area contributed by atoms with Gasteiger partial charge >= 0.3 is 0 Å². The van der Waals surface area contributed by atoms with Crippen LogP contribution >= 0.6 is 0 Å². The molecule has 0 aliphatic carbocycles. The molecule has 0 radical (unpaired) electrons. The molecule has 1 rings (SSSR count). The second-order valence-electron chi connectivity index (χ2n) is 8.92. The molecule has 1 saturated heterocycles. The largest absolute Gasteiger partial charge is 0.394 e. The zero-order valence-electron chi connectivity index (χ0n) is 19.4. The maximum Gasteiger partial charge on any atom is 0.186 e. The average molecular weight is 433 g/mol. The minimum absolute atomic E-state index is 0.0480. The molecule has 4 N–H and O–H groups in total. The smallest absolute Gasteiger partial charge is 0.186 e. The average Bonchev–Trinajstić information content (AvgIpc) is 2.75. The van der Waals surface area contributed by atoms with E-state index >= 15 is 0 Å². The number of hydrogen-bond donors (Lipinski definition) is 4. The predicted molar refractivity (Wildman–Crippen MR) is 119 cm³/mol. The molecular weight excluding hydrogens is 384 g/mol. The summed E-state index contributed by atoms with van der Waals surface area (Å²) in [6.45, 7) is 4.01. The van der Waals surface area contributed by atoms with Gasteiger partial charge in [0.1, 0.15) is 24.4 Å². The van der Waals surface area contributed by atoms with Gasteiger partial charge in [0.2, 0.25) is 0 Å². The molecule has 1 heterocycles. The Morgan fingerprint density at radius 1 is 0.667 bits per heavy atom. The molecule has 1 aliphatic heterocycles. The van der Waals surface area contributed by atoms with Crippen LogP contribution in [0.25, 0.3) is 0 Å². The summed E-state index contributed by atoms with van der Waals surface area (Å²) in [6, 6.07) is 0. The van der Waals surface area contributed by atoms with Crippen LogP contribution in [0.2, 0.25) is 0 Å². The van der Waals surface area contributed by atoms with Gasteiger partial charge in [0.15, 0.2) is 6.29 Å². The molecule has 0 saturated carbocycles. The van der Waals surface area contributed by atoms with Crippen LogP contribution in [-0.2, 0) is 9.47 Å². The summed E-state index contributed by atoms with van der Waals surface area (Å²) in [4.78, 5) is 0. The molecule has 180 valence electrons. The number of hydrogen-bond acceptors (Lipinski definition) is 6. The number of unbranched alkanes of at least 4 members (excludes halogenated alkanes) is 11. The van der Waals surface area contributed by atoms with Gasteiger partial charge in [-0.05, 0) is 12.8 Å². The van der Waals surface area contributed by atoms with Crippen molar-refractivity contribution in [3.8, 4) is 0 Å². The van der Waals surface area contributed by atoms with Crippen molar-refractivity contribution in [2.45, 2.75) is 147 Å². The zero-order valence-corrected chi connectivity index (χ0v) is 19.4. The second-order valence-corrected chi connectivity index (χ2v) is 8.92. The lowest BCUT2D eigenvalue weighted by molar-refractivity contribution is -0.312. The normalized spacial score (nSPS) is 28.0. The molecule has 1 aliphatic rings. The van der Waals surface area contributed by atoms with Gasteiger partial charge in [-0.25, -0.2) is 0 Å². The second kappa shape index (κ2) is 17.3. The highest BCUT2D eigenvalue weighted by Crippen LogP contribution is 2.26. The number of aliphatic hydroxyl groups is 4. The molecule has 0 aromatic heterocycles. The molecule has 6 heteroatoms. The Kier molecular flexibility index (Phi) is 16.1. The summed E-state index contributed by atoms with van der Waals surface area (Å²) in [5.74, 6) is 0. The predicted octanol–water partition coefficient (Wildman–Crippen LogP) is 4.06. The van der Waals surface area contributed by atoms with Crippen LogP contribution < -0.4 is 0 Å². The fourth-order valence-corrected chi connectivity index (χ4v) is 4.13. The highest BCUT2D eigenvalue weighted by atomic mass is 16.7. The van der Waals surface area contributed by atoms with Crippen molar-refractivity contribution in [1.29, 1.82) is 0 Å². The van der Waals surface area contributed by atoms with Gasteiger partial charge < -0.3 is 29.9 Å². The monoisotopic (exact) mass is 432 g/mol. The highest BCUT2D eigenvalue weighted by Gasteiger charge is 2.44. The van der Waals surface area contributed by atoms with E-state index in [0.717, 1.165) is 25.7 Å². The van der Waals surface area contributed by atoms with Crippen LogP contribution in [0.5, 0.6) is 0 Å². The van der Waals surface area contributed by atoms with Gasteiger partial charge in [-0.15, -0.1) is 0 Å². The minimum Gasteiger partial charge on any atom is -0.394 e. The van der Waals surface area contributed by atoms with E-state index < -0.39 is 37.3 Å². The lowest BCUT2D eigenvalue weighted by Gasteiger charge is -2.41. The summed E-state index contributed by atoms with van der Waals surface area (Å²) in [7, 11) is 0. The standard InChI is InChI=1S/C24H48O6/c1-3-5-7-9-10-11-13-15-17-19(16-14-12-8-6-4-2)29-24-23(28)22(27)21(26)20(18-25)30-24/h19-28H,3-18H2,1-2H3/t19?,20-,21-,22+,23-,24?/m1/s1. The Hall–Kier alpha value is -0.240. The molecule has 0 bridgehead atoms. The number of ether oxygens (including phenoxy) is 2. The molecule has 0 amide bonds. The Morgan fingerprint density at radius 2 is 1.13 bits per heavy atom.